The molecular formula is C10H12N2O4S2. The first-order valence-corrected chi connectivity index (χ1v) is 7.32. The van der Waals surface area contributed by atoms with Crippen molar-refractivity contribution in [1.82, 2.24) is 5.16 Å². The van der Waals surface area contributed by atoms with Gasteiger partial charge in [-0.2, -0.15) is 8.42 Å². The molecule has 0 atom stereocenters. The molecule has 2 aromatic heterocycles. The Morgan fingerprint density at radius 3 is 2.78 bits per heavy atom. The second-order valence-electron chi connectivity index (χ2n) is 3.54. The highest BCUT2D eigenvalue weighted by Crippen LogP contribution is 2.33. The third-order valence-corrected chi connectivity index (χ3v) is 5.53. The zero-order chi connectivity index (χ0) is 13.3. The van der Waals surface area contributed by atoms with Gasteiger partial charge in [-0.1, -0.05) is 5.16 Å². The third kappa shape index (κ3) is 2.08. The molecule has 18 heavy (non-hydrogen) atoms. The quantitative estimate of drug-likeness (QED) is 0.859. The molecule has 0 spiro atoms. The Hall–Kier alpha value is -1.54. The maximum absolute atomic E-state index is 12.4. The zero-order valence-electron chi connectivity index (χ0n) is 10.1. The van der Waals surface area contributed by atoms with Crippen LogP contribution in [-0.4, -0.2) is 27.7 Å². The van der Waals surface area contributed by atoms with E-state index < -0.39 is 10.0 Å². The number of anilines is 1. The molecule has 6 nitrogen and oxygen atoms in total. The van der Waals surface area contributed by atoms with Gasteiger partial charge >= 0.3 is 0 Å². The van der Waals surface area contributed by atoms with Crippen molar-refractivity contribution in [1.29, 1.82) is 0 Å². The fourth-order valence-electron chi connectivity index (χ4n) is 1.37. The lowest BCUT2D eigenvalue weighted by Gasteiger charge is -2.15. The van der Waals surface area contributed by atoms with Crippen LogP contribution >= 0.6 is 11.3 Å². The van der Waals surface area contributed by atoms with Crippen LogP contribution in [0.15, 0.2) is 26.2 Å². The van der Waals surface area contributed by atoms with E-state index in [0.717, 1.165) is 15.6 Å². The largest absolute Gasteiger partial charge is 0.494 e. The van der Waals surface area contributed by atoms with Gasteiger partial charge in [0.25, 0.3) is 10.0 Å². The van der Waals surface area contributed by atoms with E-state index in [1.165, 1.54) is 14.2 Å². The maximum Gasteiger partial charge on any atom is 0.278 e. The van der Waals surface area contributed by atoms with Gasteiger partial charge < -0.3 is 9.26 Å². The van der Waals surface area contributed by atoms with Crippen molar-refractivity contribution in [2.75, 3.05) is 18.5 Å². The summed E-state index contributed by atoms with van der Waals surface area (Å²) in [5, 5.41) is 5.34. The Bertz CT molecular complexity index is 644. The average molecular weight is 288 g/mol. The highest BCUT2D eigenvalue weighted by Gasteiger charge is 2.28. The van der Waals surface area contributed by atoms with Gasteiger partial charge in [0.15, 0.2) is 10.0 Å². The lowest BCUT2D eigenvalue weighted by Crippen LogP contribution is -2.26. The van der Waals surface area contributed by atoms with Crippen LogP contribution in [0.3, 0.4) is 0 Å². The topological polar surface area (TPSA) is 72.6 Å². The first-order valence-electron chi connectivity index (χ1n) is 5.00. The number of ether oxygens (including phenoxy) is 1. The fourth-order valence-corrected chi connectivity index (χ4v) is 3.93. The molecule has 0 unspecified atom stereocenters. The van der Waals surface area contributed by atoms with Gasteiger partial charge in [0, 0.05) is 13.1 Å². The van der Waals surface area contributed by atoms with Crippen LogP contribution in [0.5, 0.6) is 5.75 Å². The minimum atomic E-state index is -3.67. The van der Waals surface area contributed by atoms with E-state index in [9.17, 15) is 8.42 Å². The summed E-state index contributed by atoms with van der Waals surface area (Å²) >= 11 is 1.10. The zero-order valence-corrected chi connectivity index (χ0v) is 11.7. The van der Waals surface area contributed by atoms with Crippen LogP contribution in [0, 0.1) is 6.92 Å². The maximum atomic E-state index is 12.4. The van der Waals surface area contributed by atoms with Crippen molar-refractivity contribution in [3.8, 4) is 5.75 Å². The number of methoxy groups -OCH3 is 1. The summed E-state index contributed by atoms with van der Waals surface area (Å²) in [6, 6.07) is 3.16. The molecule has 8 heteroatoms. The molecule has 0 saturated heterocycles. The van der Waals surface area contributed by atoms with Crippen LogP contribution in [0.2, 0.25) is 0 Å². The first-order chi connectivity index (χ1) is 8.46. The van der Waals surface area contributed by atoms with Gasteiger partial charge in [-0.05, 0) is 18.4 Å². The molecule has 0 aliphatic carbocycles. The molecule has 2 rings (SSSR count). The Balaban J connectivity index is 2.43. The Morgan fingerprint density at radius 2 is 2.22 bits per heavy atom. The highest BCUT2D eigenvalue weighted by atomic mass is 32.2. The predicted molar refractivity (Wildman–Crippen MR) is 67.7 cm³/mol. The average Bonchev–Trinajstić information content (AvgIpc) is 2.95. The molecule has 0 fully saturated rings. The van der Waals surface area contributed by atoms with E-state index in [1.807, 2.05) is 0 Å². The van der Waals surface area contributed by atoms with E-state index in [2.05, 4.69) is 5.16 Å². The number of hydrogen-bond acceptors (Lipinski definition) is 6. The van der Waals surface area contributed by atoms with E-state index in [4.69, 9.17) is 9.26 Å². The standard InChI is InChI=1S/C10H12N2O4S2/c1-7-6-9(11-16-7)12(2)18(13,14)10-8(15-3)4-5-17-10/h4-6H,1-3H3. The predicted octanol–water partition coefficient (Wildman–Crippen LogP) is 1.88. The van der Waals surface area contributed by atoms with Crippen LogP contribution in [-0.2, 0) is 10.0 Å². The summed E-state index contributed by atoms with van der Waals surface area (Å²) in [6.45, 7) is 1.70. The number of nitrogens with zero attached hydrogens (tertiary/aromatic N) is 2. The molecule has 0 aromatic carbocycles. The van der Waals surface area contributed by atoms with E-state index in [0.29, 0.717) is 11.5 Å². The molecule has 0 N–H and O–H groups in total. The smallest absolute Gasteiger partial charge is 0.278 e. The van der Waals surface area contributed by atoms with Crippen molar-refractivity contribution in [3.05, 3.63) is 23.3 Å². The van der Waals surface area contributed by atoms with E-state index in [-0.39, 0.29) is 10.0 Å². The van der Waals surface area contributed by atoms with Gasteiger partial charge in [-0.3, -0.25) is 0 Å². The molecule has 0 aliphatic heterocycles. The van der Waals surface area contributed by atoms with Crippen molar-refractivity contribution in [2.45, 2.75) is 11.1 Å². The molecule has 0 amide bonds. The summed E-state index contributed by atoms with van der Waals surface area (Å²) in [4.78, 5) is 0. The number of sulfonamides is 1. The Labute approximate surface area is 109 Å². The van der Waals surface area contributed by atoms with Gasteiger partial charge in [-0.15, -0.1) is 11.3 Å². The van der Waals surface area contributed by atoms with Gasteiger partial charge in [0.05, 0.1) is 7.11 Å². The summed E-state index contributed by atoms with van der Waals surface area (Å²) in [6.07, 6.45) is 0. The summed E-state index contributed by atoms with van der Waals surface area (Å²) in [5.74, 6) is 1.11. The molecule has 0 radical (unpaired) electrons. The van der Waals surface area contributed by atoms with Crippen LogP contribution in [0.25, 0.3) is 0 Å². The first kappa shape index (κ1) is 12.9. The molecule has 98 valence electrons. The van der Waals surface area contributed by atoms with Gasteiger partial charge in [-0.25, -0.2) is 4.31 Å². The number of aromatic nitrogens is 1. The summed E-state index contributed by atoms with van der Waals surface area (Å²) in [7, 11) is -0.819. The molecule has 0 saturated carbocycles. The lowest BCUT2D eigenvalue weighted by molar-refractivity contribution is 0.398. The van der Waals surface area contributed by atoms with Crippen LogP contribution in [0.4, 0.5) is 5.82 Å². The van der Waals surface area contributed by atoms with E-state index >= 15 is 0 Å². The lowest BCUT2D eigenvalue weighted by atomic mass is 10.5. The fraction of sp³-hybridized carbons (Fsp3) is 0.300. The van der Waals surface area contributed by atoms with Gasteiger partial charge in [0.2, 0.25) is 0 Å². The third-order valence-electron chi connectivity index (χ3n) is 2.35. The number of rotatable bonds is 4. The summed E-state index contributed by atoms with van der Waals surface area (Å²) in [5.41, 5.74) is 0. The Kier molecular flexibility index (Phi) is 3.31. The molecular weight excluding hydrogens is 276 g/mol. The number of aryl methyl sites for hydroxylation is 1. The SMILES string of the molecule is COc1ccsc1S(=O)(=O)N(C)c1cc(C)on1. The number of hydrogen-bond donors (Lipinski definition) is 0. The number of thiophene rings is 1. The molecule has 0 aliphatic rings. The van der Waals surface area contributed by atoms with Crippen LogP contribution in [0.1, 0.15) is 5.76 Å². The second-order valence-corrected chi connectivity index (χ2v) is 6.63. The highest BCUT2D eigenvalue weighted by molar-refractivity contribution is 7.94. The van der Waals surface area contributed by atoms with Crippen molar-refractivity contribution in [3.63, 3.8) is 0 Å². The summed E-state index contributed by atoms with van der Waals surface area (Å²) < 4.78 is 35.8. The normalized spacial score (nSPS) is 11.5. The van der Waals surface area contributed by atoms with Crippen LogP contribution < -0.4 is 9.04 Å². The minimum absolute atomic E-state index is 0.146. The molecule has 2 heterocycles. The van der Waals surface area contributed by atoms with Crippen molar-refractivity contribution in [2.24, 2.45) is 0 Å². The monoisotopic (exact) mass is 288 g/mol. The van der Waals surface area contributed by atoms with E-state index in [1.54, 1.807) is 24.4 Å². The van der Waals surface area contributed by atoms with Crippen molar-refractivity contribution < 1.29 is 17.7 Å². The Morgan fingerprint density at radius 1 is 1.50 bits per heavy atom. The van der Waals surface area contributed by atoms with Crippen molar-refractivity contribution >= 4 is 27.2 Å². The molecule has 2 aromatic rings. The minimum Gasteiger partial charge on any atom is -0.494 e. The van der Waals surface area contributed by atoms with Gasteiger partial charge in [0.1, 0.15) is 11.5 Å². The molecule has 0 bridgehead atoms. The second kappa shape index (κ2) is 4.62.